The Hall–Kier alpha value is -1.96. The van der Waals surface area contributed by atoms with Crippen LogP contribution in [-0.2, 0) is 4.74 Å². The third-order valence-corrected chi connectivity index (χ3v) is 2.26. The largest absolute Gasteiger partial charge is 0.380 e. The van der Waals surface area contributed by atoms with Gasteiger partial charge in [-0.1, -0.05) is 0 Å². The average Bonchev–Trinajstić information content (AvgIpc) is 2.36. The summed E-state index contributed by atoms with van der Waals surface area (Å²) in [4.78, 5) is 18.4. The van der Waals surface area contributed by atoms with Crippen LogP contribution in [0.5, 0.6) is 0 Å². The molecule has 0 aromatic carbocycles. The molecule has 19 heavy (non-hydrogen) atoms. The predicted octanol–water partition coefficient (Wildman–Crippen LogP) is 1.65. The Balaban J connectivity index is 2.87. The lowest BCUT2D eigenvalue weighted by molar-refractivity contribution is -0.384. The molecular formula is C11H19N5O3. The van der Waals surface area contributed by atoms with Crippen molar-refractivity contribution in [1.29, 1.82) is 0 Å². The zero-order valence-electron chi connectivity index (χ0n) is 11.3. The van der Waals surface area contributed by atoms with E-state index in [-0.39, 0.29) is 17.5 Å². The molecule has 0 radical (unpaired) electrons. The zero-order valence-corrected chi connectivity index (χ0v) is 11.3. The van der Waals surface area contributed by atoms with E-state index in [1.807, 2.05) is 20.8 Å². The molecule has 1 heterocycles. The van der Waals surface area contributed by atoms with Gasteiger partial charge in [-0.05, 0) is 20.8 Å². The number of rotatable bonds is 8. The molecule has 0 fully saturated rings. The molecule has 8 heteroatoms. The van der Waals surface area contributed by atoms with Crippen molar-refractivity contribution in [2.24, 2.45) is 0 Å². The average molecular weight is 269 g/mol. The van der Waals surface area contributed by atoms with Crippen LogP contribution in [0.15, 0.2) is 6.20 Å². The molecule has 0 spiro atoms. The molecule has 0 amide bonds. The van der Waals surface area contributed by atoms with Gasteiger partial charge in [-0.3, -0.25) is 10.1 Å². The minimum absolute atomic E-state index is 0.0805. The van der Waals surface area contributed by atoms with Crippen LogP contribution in [0.3, 0.4) is 0 Å². The molecule has 0 bridgehead atoms. The Bertz CT molecular complexity index is 427. The summed E-state index contributed by atoms with van der Waals surface area (Å²) in [6.07, 6.45) is 1.20. The number of hydrogen-bond acceptors (Lipinski definition) is 7. The van der Waals surface area contributed by atoms with Crippen molar-refractivity contribution in [3.05, 3.63) is 16.3 Å². The van der Waals surface area contributed by atoms with Crippen molar-refractivity contribution in [2.45, 2.75) is 26.8 Å². The van der Waals surface area contributed by atoms with E-state index in [2.05, 4.69) is 20.6 Å². The molecule has 1 unspecified atom stereocenters. The van der Waals surface area contributed by atoms with Gasteiger partial charge >= 0.3 is 5.69 Å². The van der Waals surface area contributed by atoms with Gasteiger partial charge in [0.25, 0.3) is 0 Å². The Kier molecular flexibility index (Phi) is 5.94. The minimum Gasteiger partial charge on any atom is -0.380 e. The first kappa shape index (κ1) is 15.1. The van der Waals surface area contributed by atoms with E-state index in [0.29, 0.717) is 25.7 Å². The van der Waals surface area contributed by atoms with E-state index < -0.39 is 4.92 Å². The van der Waals surface area contributed by atoms with Crippen LogP contribution < -0.4 is 10.6 Å². The molecule has 1 aromatic heterocycles. The lowest BCUT2D eigenvalue weighted by atomic mass is 10.3. The summed E-state index contributed by atoms with van der Waals surface area (Å²) in [7, 11) is 0. The highest BCUT2D eigenvalue weighted by Gasteiger charge is 2.18. The third-order valence-electron chi connectivity index (χ3n) is 2.26. The second kappa shape index (κ2) is 7.47. The SMILES string of the molecule is CCNc1ncc([N+](=O)[O-])c(NC(C)COCC)n1. The monoisotopic (exact) mass is 269 g/mol. The molecule has 0 aliphatic carbocycles. The van der Waals surface area contributed by atoms with Gasteiger partial charge in [-0.2, -0.15) is 4.98 Å². The van der Waals surface area contributed by atoms with Crippen LogP contribution in [-0.4, -0.2) is 40.7 Å². The van der Waals surface area contributed by atoms with E-state index in [9.17, 15) is 10.1 Å². The van der Waals surface area contributed by atoms with Gasteiger partial charge in [0.15, 0.2) is 0 Å². The first-order valence-electron chi connectivity index (χ1n) is 6.18. The maximum atomic E-state index is 10.9. The van der Waals surface area contributed by atoms with E-state index in [1.165, 1.54) is 6.20 Å². The van der Waals surface area contributed by atoms with Crippen LogP contribution in [0.4, 0.5) is 17.5 Å². The molecule has 8 nitrogen and oxygen atoms in total. The standard InChI is InChI=1S/C11H19N5O3/c1-4-12-11-13-6-9(16(17)18)10(15-11)14-8(3)7-19-5-2/h6,8H,4-5,7H2,1-3H3,(H2,12,13,14,15). The number of nitro groups is 1. The first-order valence-corrected chi connectivity index (χ1v) is 6.18. The van der Waals surface area contributed by atoms with Crippen molar-refractivity contribution in [1.82, 2.24) is 9.97 Å². The normalized spacial score (nSPS) is 11.9. The number of hydrogen-bond donors (Lipinski definition) is 2. The summed E-state index contributed by atoms with van der Waals surface area (Å²) in [5.41, 5.74) is -0.148. The van der Waals surface area contributed by atoms with Gasteiger partial charge < -0.3 is 15.4 Å². The summed E-state index contributed by atoms with van der Waals surface area (Å²) in [6.45, 7) is 7.35. The maximum Gasteiger partial charge on any atom is 0.329 e. The van der Waals surface area contributed by atoms with Gasteiger partial charge in [-0.15, -0.1) is 0 Å². The van der Waals surface area contributed by atoms with Crippen molar-refractivity contribution in [3.63, 3.8) is 0 Å². The van der Waals surface area contributed by atoms with E-state index in [1.54, 1.807) is 0 Å². The number of anilines is 2. The number of aromatic nitrogens is 2. The Morgan fingerprint density at radius 1 is 1.53 bits per heavy atom. The minimum atomic E-state index is -0.508. The molecule has 1 rings (SSSR count). The summed E-state index contributed by atoms with van der Waals surface area (Å²) in [5, 5.41) is 16.8. The van der Waals surface area contributed by atoms with E-state index in [0.717, 1.165) is 0 Å². The Morgan fingerprint density at radius 2 is 2.26 bits per heavy atom. The van der Waals surface area contributed by atoms with Crippen LogP contribution in [0, 0.1) is 10.1 Å². The molecule has 0 aliphatic rings. The quantitative estimate of drug-likeness (QED) is 0.546. The Labute approximate surface area is 111 Å². The first-order chi connectivity index (χ1) is 9.08. The summed E-state index contributed by atoms with van der Waals surface area (Å²) < 4.78 is 5.25. The molecule has 0 saturated carbocycles. The van der Waals surface area contributed by atoms with Crippen molar-refractivity contribution in [3.8, 4) is 0 Å². The summed E-state index contributed by atoms with van der Waals surface area (Å²) >= 11 is 0. The van der Waals surface area contributed by atoms with E-state index >= 15 is 0 Å². The number of ether oxygens (including phenoxy) is 1. The number of nitrogens with zero attached hydrogens (tertiary/aromatic N) is 3. The molecule has 1 atom stereocenters. The van der Waals surface area contributed by atoms with Gasteiger partial charge in [0.05, 0.1) is 11.5 Å². The lowest BCUT2D eigenvalue weighted by Gasteiger charge is -2.14. The summed E-state index contributed by atoms with van der Waals surface area (Å²) in [5.74, 6) is 0.558. The fraction of sp³-hybridized carbons (Fsp3) is 0.636. The molecule has 2 N–H and O–H groups in total. The van der Waals surface area contributed by atoms with Crippen LogP contribution >= 0.6 is 0 Å². The molecule has 1 aromatic rings. The number of nitrogens with one attached hydrogen (secondary N) is 2. The maximum absolute atomic E-state index is 10.9. The van der Waals surface area contributed by atoms with Gasteiger partial charge in [0, 0.05) is 19.2 Å². The highest BCUT2D eigenvalue weighted by molar-refractivity contribution is 5.57. The molecule has 106 valence electrons. The second-order valence-corrected chi connectivity index (χ2v) is 3.92. The lowest BCUT2D eigenvalue weighted by Crippen LogP contribution is -2.23. The highest BCUT2D eigenvalue weighted by Crippen LogP contribution is 2.22. The van der Waals surface area contributed by atoms with Crippen LogP contribution in [0.1, 0.15) is 20.8 Å². The van der Waals surface area contributed by atoms with Crippen LogP contribution in [0.25, 0.3) is 0 Å². The van der Waals surface area contributed by atoms with Crippen molar-refractivity contribution in [2.75, 3.05) is 30.4 Å². The zero-order chi connectivity index (χ0) is 14.3. The summed E-state index contributed by atoms with van der Waals surface area (Å²) in [6, 6.07) is -0.0805. The molecule has 0 aliphatic heterocycles. The fourth-order valence-corrected chi connectivity index (χ4v) is 1.43. The van der Waals surface area contributed by atoms with Gasteiger partial charge in [0.1, 0.15) is 6.20 Å². The second-order valence-electron chi connectivity index (χ2n) is 3.92. The van der Waals surface area contributed by atoms with E-state index in [4.69, 9.17) is 4.74 Å². The predicted molar refractivity (Wildman–Crippen MR) is 72.4 cm³/mol. The van der Waals surface area contributed by atoms with Crippen molar-refractivity contribution >= 4 is 17.5 Å². The molecule has 0 saturated heterocycles. The van der Waals surface area contributed by atoms with Crippen molar-refractivity contribution < 1.29 is 9.66 Å². The fourth-order valence-electron chi connectivity index (χ4n) is 1.43. The topological polar surface area (TPSA) is 102 Å². The van der Waals surface area contributed by atoms with Crippen LogP contribution in [0.2, 0.25) is 0 Å². The smallest absolute Gasteiger partial charge is 0.329 e. The Morgan fingerprint density at radius 3 is 2.84 bits per heavy atom. The third kappa shape index (κ3) is 4.66. The van der Waals surface area contributed by atoms with Gasteiger partial charge in [0.2, 0.25) is 11.8 Å². The van der Waals surface area contributed by atoms with Gasteiger partial charge in [-0.25, -0.2) is 4.98 Å². The highest BCUT2D eigenvalue weighted by atomic mass is 16.6. The molecular weight excluding hydrogens is 250 g/mol.